The molecule has 3 heterocycles. The SMILES string of the molecule is CCCCCn1cnc2sc(C(=O)N3CCC(C(=O)O)CC3)c(C)c2c1=O. The average Bonchev–Trinajstić information content (AvgIpc) is 3.00. The van der Waals surface area contributed by atoms with Crippen molar-refractivity contribution in [3.63, 3.8) is 0 Å². The monoisotopic (exact) mass is 391 g/mol. The number of nitrogens with zero attached hydrogens (tertiary/aromatic N) is 3. The lowest BCUT2D eigenvalue weighted by atomic mass is 9.97. The number of aryl methyl sites for hydroxylation is 2. The molecule has 0 atom stereocenters. The van der Waals surface area contributed by atoms with Crippen LogP contribution in [0.4, 0.5) is 0 Å². The number of carboxylic acids is 1. The predicted octanol–water partition coefficient (Wildman–Crippen LogP) is 2.89. The molecule has 1 aliphatic rings. The van der Waals surface area contributed by atoms with Gasteiger partial charge in [-0.1, -0.05) is 19.8 Å². The van der Waals surface area contributed by atoms with Crippen LogP contribution in [0.15, 0.2) is 11.1 Å². The van der Waals surface area contributed by atoms with Gasteiger partial charge in [0.25, 0.3) is 11.5 Å². The van der Waals surface area contributed by atoms with E-state index in [1.807, 2.05) is 0 Å². The largest absolute Gasteiger partial charge is 0.481 e. The van der Waals surface area contributed by atoms with Crippen LogP contribution in [0.25, 0.3) is 10.2 Å². The van der Waals surface area contributed by atoms with Crippen molar-refractivity contribution < 1.29 is 14.7 Å². The quantitative estimate of drug-likeness (QED) is 0.765. The molecule has 8 heteroatoms. The lowest BCUT2D eigenvalue weighted by Crippen LogP contribution is -2.40. The number of carbonyl (C=O) groups excluding carboxylic acids is 1. The summed E-state index contributed by atoms with van der Waals surface area (Å²) >= 11 is 1.25. The average molecular weight is 391 g/mol. The lowest BCUT2D eigenvalue weighted by molar-refractivity contribution is -0.143. The van der Waals surface area contributed by atoms with Gasteiger partial charge in [0.1, 0.15) is 4.83 Å². The standard InChI is InChI=1S/C19H25N3O4S/c1-3-4-5-8-22-11-20-16-14(17(22)23)12(2)15(27-16)18(24)21-9-6-13(7-10-21)19(25)26/h11,13H,3-10H2,1-2H3,(H,25,26). The molecule has 1 N–H and O–H groups in total. The second-order valence-corrected chi connectivity index (χ2v) is 8.09. The summed E-state index contributed by atoms with van der Waals surface area (Å²) < 4.78 is 1.63. The van der Waals surface area contributed by atoms with Crippen molar-refractivity contribution in [1.82, 2.24) is 14.5 Å². The highest BCUT2D eigenvalue weighted by Crippen LogP contribution is 2.29. The van der Waals surface area contributed by atoms with Crippen LogP contribution in [-0.2, 0) is 11.3 Å². The Morgan fingerprint density at radius 2 is 2.00 bits per heavy atom. The van der Waals surface area contributed by atoms with E-state index in [1.54, 1.807) is 22.7 Å². The van der Waals surface area contributed by atoms with E-state index in [9.17, 15) is 14.4 Å². The van der Waals surface area contributed by atoms with E-state index in [0.717, 1.165) is 19.3 Å². The Balaban J connectivity index is 1.84. The van der Waals surface area contributed by atoms with E-state index in [4.69, 9.17) is 5.11 Å². The van der Waals surface area contributed by atoms with Gasteiger partial charge < -0.3 is 10.0 Å². The van der Waals surface area contributed by atoms with E-state index in [1.165, 1.54) is 11.3 Å². The number of thiophene rings is 1. The van der Waals surface area contributed by atoms with E-state index in [-0.39, 0.29) is 17.4 Å². The molecule has 1 aliphatic heterocycles. The Morgan fingerprint density at radius 1 is 1.30 bits per heavy atom. The van der Waals surface area contributed by atoms with Crippen molar-refractivity contribution in [2.75, 3.05) is 13.1 Å². The van der Waals surface area contributed by atoms with Gasteiger partial charge in [0.05, 0.1) is 22.5 Å². The number of unbranched alkanes of at least 4 members (excludes halogenated alkanes) is 2. The fourth-order valence-electron chi connectivity index (χ4n) is 3.53. The third kappa shape index (κ3) is 3.90. The molecular formula is C19H25N3O4S. The van der Waals surface area contributed by atoms with E-state index < -0.39 is 5.97 Å². The Morgan fingerprint density at radius 3 is 2.63 bits per heavy atom. The molecule has 0 aromatic carbocycles. The third-order valence-electron chi connectivity index (χ3n) is 5.25. The number of carbonyl (C=O) groups is 2. The summed E-state index contributed by atoms with van der Waals surface area (Å²) in [7, 11) is 0. The summed E-state index contributed by atoms with van der Waals surface area (Å²) in [5, 5.41) is 9.64. The van der Waals surface area contributed by atoms with Crippen molar-refractivity contribution in [2.24, 2.45) is 5.92 Å². The maximum Gasteiger partial charge on any atom is 0.306 e. The van der Waals surface area contributed by atoms with Crippen LogP contribution >= 0.6 is 11.3 Å². The first kappa shape index (κ1) is 19.5. The van der Waals surface area contributed by atoms with Crippen molar-refractivity contribution in [2.45, 2.75) is 52.5 Å². The van der Waals surface area contributed by atoms with Crippen molar-refractivity contribution in [3.8, 4) is 0 Å². The first-order valence-corrected chi connectivity index (χ1v) is 10.3. The van der Waals surface area contributed by atoms with Gasteiger partial charge in [-0.2, -0.15) is 0 Å². The molecule has 0 bridgehead atoms. The van der Waals surface area contributed by atoms with Gasteiger partial charge in [-0.05, 0) is 31.7 Å². The zero-order valence-corrected chi connectivity index (χ0v) is 16.5. The first-order valence-electron chi connectivity index (χ1n) is 9.44. The maximum absolute atomic E-state index is 12.9. The highest BCUT2D eigenvalue weighted by atomic mass is 32.1. The molecule has 27 heavy (non-hydrogen) atoms. The summed E-state index contributed by atoms with van der Waals surface area (Å²) in [6, 6.07) is 0. The molecule has 146 valence electrons. The van der Waals surface area contributed by atoms with Crippen LogP contribution in [0.2, 0.25) is 0 Å². The number of hydrogen-bond donors (Lipinski definition) is 1. The number of fused-ring (bicyclic) bond motifs is 1. The molecule has 0 radical (unpaired) electrons. The molecule has 1 saturated heterocycles. The molecule has 7 nitrogen and oxygen atoms in total. The van der Waals surface area contributed by atoms with Gasteiger partial charge in [-0.15, -0.1) is 11.3 Å². The predicted molar refractivity (Wildman–Crippen MR) is 104 cm³/mol. The van der Waals surface area contributed by atoms with Crippen LogP contribution in [0.5, 0.6) is 0 Å². The second-order valence-electron chi connectivity index (χ2n) is 7.09. The minimum atomic E-state index is -0.798. The normalized spacial score (nSPS) is 15.4. The topological polar surface area (TPSA) is 92.5 Å². The van der Waals surface area contributed by atoms with Gasteiger partial charge in [0, 0.05) is 19.6 Å². The van der Waals surface area contributed by atoms with Crippen molar-refractivity contribution in [1.29, 1.82) is 0 Å². The van der Waals surface area contributed by atoms with Crippen LogP contribution in [-0.4, -0.2) is 44.5 Å². The van der Waals surface area contributed by atoms with Crippen LogP contribution in [0.3, 0.4) is 0 Å². The fourth-order valence-corrected chi connectivity index (χ4v) is 4.63. The van der Waals surface area contributed by atoms with Crippen LogP contribution < -0.4 is 5.56 Å². The molecule has 2 aromatic rings. The fraction of sp³-hybridized carbons (Fsp3) is 0.579. The molecule has 0 spiro atoms. The molecule has 3 rings (SSSR count). The Bertz CT molecular complexity index is 910. The molecule has 1 amide bonds. The Kier molecular flexibility index (Phi) is 5.94. The molecular weight excluding hydrogens is 366 g/mol. The van der Waals surface area contributed by atoms with Crippen LogP contribution in [0, 0.1) is 12.8 Å². The smallest absolute Gasteiger partial charge is 0.306 e. The number of aliphatic carboxylic acids is 1. The van der Waals surface area contributed by atoms with Crippen LogP contribution in [0.1, 0.15) is 54.3 Å². The minimum Gasteiger partial charge on any atom is -0.481 e. The zero-order chi connectivity index (χ0) is 19.6. The second kappa shape index (κ2) is 8.21. The molecule has 0 saturated carbocycles. The van der Waals surface area contributed by atoms with E-state index in [2.05, 4.69) is 11.9 Å². The Hall–Kier alpha value is -2.22. The Labute approximate surface area is 161 Å². The number of carboxylic acid groups (broad SMARTS) is 1. The molecule has 0 aliphatic carbocycles. The highest BCUT2D eigenvalue weighted by molar-refractivity contribution is 7.20. The van der Waals surface area contributed by atoms with Gasteiger partial charge in [-0.25, -0.2) is 4.98 Å². The third-order valence-corrected chi connectivity index (χ3v) is 6.43. The number of amides is 1. The van der Waals surface area contributed by atoms with Gasteiger partial charge >= 0.3 is 5.97 Å². The summed E-state index contributed by atoms with van der Waals surface area (Å²) in [5.74, 6) is -1.31. The first-order chi connectivity index (χ1) is 12.9. The molecule has 1 fully saturated rings. The number of piperidine rings is 1. The highest BCUT2D eigenvalue weighted by Gasteiger charge is 2.29. The van der Waals surface area contributed by atoms with E-state index in [0.29, 0.717) is 53.1 Å². The number of likely N-dealkylation sites (tertiary alicyclic amines) is 1. The number of aromatic nitrogens is 2. The summed E-state index contributed by atoms with van der Waals surface area (Å²) in [5.41, 5.74) is 0.594. The van der Waals surface area contributed by atoms with Gasteiger partial charge in [0.2, 0.25) is 0 Å². The number of rotatable bonds is 6. The van der Waals surface area contributed by atoms with Crippen molar-refractivity contribution in [3.05, 3.63) is 27.1 Å². The van der Waals surface area contributed by atoms with Gasteiger partial charge in [-0.3, -0.25) is 19.0 Å². The van der Waals surface area contributed by atoms with E-state index >= 15 is 0 Å². The molecule has 2 aromatic heterocycles. The summed E-state index contributed by atoms with van der Waals surface area (Å²) in [4.78, 5) is 44.0. The molecule has 0 unspecified atom stereocenters. The summed E-state index contributed by atoms with van der Waals surface area (Å²) in [6.45, 7) is 5.41. The zero-order valence-electron chi connectivity index (χ0n) is 15.7. The van der Waals surface area contributed by atoms with Gasteiger partial charge in [0.15, 0.2) is 0 Å². The lowest BCUT2D eigenvalue weighted by Gasteiger charge is -2.29. The maximum atomic E-state index is 12.9. The summed E-state index contributed by atoms with van der Waals surface area (Å²) in [6.07, 6.45) is 5.57. The number of hydrogen-bond acceptors (Lipinski definition) is 5. The minimum absolute atomic E-state index is 0.0894. The van der Waals surface area contributed by atoms with Crippen molar-refractivity contribution >= 4 is 33.4 Å².